The summed E-state index contributed by atoms with van der Waals surface area (Å²) in [5.41, 5.74) is 6.00. The fraction of sp³-hybridized carbons (Fsp3) is 0.941. The second-order valence-corrected chi connectivity index (χ2v) is 7.21. The molecule has 0 aromatic rings. The summed E-state index contributed by atoms with van der Waals surface area (Å²) in [6, 6.07) is 0.369. The second kappa shape index (κ2) is 8.74. The van der Waals surface area contributed by atoms with Gasteiger partial charge in [0.2, 0.25) is 5.91 Å². The first-order valence-corrected chi connectivity index (χ1v) is 8.88. The molecule has 0 bridgehead atoms. The number of nitrogens with zero attached hydrogens (tertiary/aromatic N) is 1. The van der Waals surface area contributed by atoms with Crippen LogP contribution in [0.3, 0.4) is 0 Å². The molecule has 1 saturated heterocycles. The second-order valence-electron chi connectivity index (χ2n) is 7.21. The molecule has 2 rings (SSSR count). The van der Waals surface area contributed by atoms with E-state index in [-0.39, 0.29) is 5.91 Å². The number of amides is 1. The minimum absolute atomic E-state index is 0.222. The van der Waals surface area contributed by atoms with Gasteiger partial charge in [0.15, 0.2) is 0 Å². The molecule has 2 fully saturated rings. The van der Waals surface area contributed by atoms with Gasteiger partial charge in [0.25, 0.3) is 0 Å². The molecule has 1 amide bonds. The molecular formula is C17H33N3O. The van der Waals surface area contributed by atoms with Crippen LogP contribution in [0, 0.1) is 11.8 Å². The largest absolute Gasteiger partial charge is 0.355 e. The van der Waals surface area contributed by atoms with Gasteiger partial charge in [-0.15, -0.1) is 0 Å². The number of piperidine rings is 1. The highest BCUT2D eigenvalue weighted by Gasteiger charge is 2.20. The fourth-order valence-electron chi connectivity index (χ4n) is 3.66. The van der Waals surface area contributed by atoms with Crippen molar-refractivity contribution >= 4 is 5.91 Å². The maximum absolute atomic E-state index is 11.9. The smallest absolute Gasteiger partial charge is 0.220 e. The van der Waals surface area contributed by atoms with E-state index in [9.17, 15) is 4.79 Å². The van der Waals surface area contributed by atoms with Crippen molar-refractivity contribution in [3.63, 3.8) is 0 Å². The molecule has 4 nitrogen and oxygen atoms in total. The molecule has 122 valence electrons. The first-order valence-electron chi connectivity index (χ1n) is 8.88. The van der Waals surface area contributed by atoms with E-state index in [0.717, 1.165) is 38.3 Å². The molecule has 4 heteroatoms. The van der Waals surface area contributed by atoms with E-state index >= 15 is 0 Å². The molecule has 1 saturated carbocycles. The number of carbonyl (C=O) groups excluding carboxylic acids is 1. The highest BCUT2D eigenvalue weighted by molar-refractivity contribution is 5.75. The lowest BCUT2D eigenvalue weighted by Gasteiger charge is -2.30. The van der Waals surface area contributed by atoms with Gasteiger partial charge in [-0.2, -0.15) is 0 Å². The highest BCUT2D eigenvalue weighted by Crippen LogP contribution is 2.26. The molecule has 0 spiro atoms. The standard InChI is InChI=1S/C17H33N3O/c1-14-7-10-20(11-8-14)12-9-19-17(21)6-5-15-3-2-4-16(18)13-15/h14-16H,2-13,18H2,1H3,(H,19,21). The lowest BCUT2D eigenvalue weighted by atomic mass is 9.83. The Morgan fingerprint density at radius 1 is 1.24 bits per heavy atom. The Morgan fingerprint density at radius 3 is 2.71 bits per heavy atom. The summed E-state index contributed by atoms with van der Waals surface area (Å²) in [5, 5.41) is 3.08. The quantitative estimate of drug-likeness (QED) is 0.789. The molecule has 21 heavy (non-hydrogen) atoms. The van der Waals surface area contributed by atoms with E-state index in [1.165, 1.54) is 38.8 Å². The minimum Gasteiger partial charge on any atom is -0.355 e. The molecule has 0 aromatic carbocycles. The Morgan fingerprint density at radius 2 is 2.00 bits per heavy atom. The van der Waals surface area contributed by atoms with Crippen molar-refractivity contribution in [3.8, 4) is 0 Å². The molecular weight excluding hydrogens is 262 g/mol. The Kier molecular flexibility index (Phi) is 6.97. The molecule has 0 radical (unpaired) electrons. The summed E-state index contributed by atoms with van der Waals surface area (Å²) in [4.78, 5) is 14.4. The van der Waals surface area contributed by atoms with Crippen LogP contribution in [0.15, 0.2) is 0 Å². The van der Waals surface area contributed by atoms with Gasteiger partial charge in [0.05, 0.1) is 0 Å². The maximum Gasteiger partial charge on any atom is 0.220 e. The highest BCUT2D eigenvalue weighted by atomic mass is 16.1. The van der Waals surface area contributed by atoms with E-state index < -0.39 is 0 Å². The zero-order valence-corrected chi connectivity index (χ0v) is 13.7. The molecule has 3 N–H and O–H groups in total. The normalized spacial score (nSPS) is 28.5. The van der Waals surface area contributed by atoms with Gasteiger partial charge < -0.3 is 16.0 Å². The topological polar surface area (TPSA) is 58.4 Å². The average Bonchev–Trinajstić information content (AvgIpc) is 2.47. The number of hydrogen-bond donors (Lipinski definition) is 2. The van der Waals surface area contributed by atoms with Crippen LogP contribution < -0.4 is 11.1 Å². The average molecular weight is 295 g/mol. The third kappa shape index (κ3) is 6.35. The SMILES string of the molecule is CC1CCN(CCNC(=O)CCC2CCCC(N)C2)CC1. The Hall–Kier alpha value is -0.610. The summed E-state index contributed by atoms with van der Waals surface area (Å²) in [6.07, 6.45) is 9.06. The predicted octanol–water partition coefficient (Wildman–Crippen LogP) is 2.13. The summed E-state index contributed by atoms with van der Waals surface area (Å²) in [7, 11) is 0. The number of hydrogen-bond acceptors (Lipinski definition) is 3. The van der Waals surface area contributed by atoms with Crippen LogP contribution >= 0.6 is 0 Å². The van der Waals surface area contributed by atoms with E-state index in [2.05, 4.69) is 17.1 Å². The maximum atomic E-state index is 11.9. The van der Waals surface area contributed by atoms with Crippen molar-refractivity contribution in [1.82, 2.24) is 10.2 Å². The van der Waals surface area contributed by atoms with Crippen LogP contribution in [0.25, 0.3) is 0 Å². The third-order valence-corrected chi connectivity index (χ3v) is 5.23. The van der Waals surface area contributed by atoms with Crippen molar-refractivity contribution in [1.29, 1.82) is 0 Å². The molecule has 1 heterocycles. The fourth-order valence-corrected chi connectivity index (χ4v) is 3.66. The molecule has 0 aromatic heterocycles. The first-order chi connectivity index (χ1) is 10.1. The summed E-state index contributed by atoms with van der Waals surface area (Å²) < 4.78 is 0. The van der Waals surface area contributed by atoms with Gasteiger partial charge >= 0.3 is 0 Å². The zero-order valence-electron chi connectivity index (χ0n) is 13.7. The number of carbonyl (C=O) groups is 1. The zero-order chi connectivity index (χ0) is 15.1. The monoisotopic (exact) mass is 295 g/mol. The number of nitrogens with two attached hydrogens (primary N) is 1. The Bertz CT molecular complexity index is 313. The van der Waals surface area contributed by atoms with Crippen LogP contribution in [-0.4, -0.2) is 43.0 Å². The van der Waals surface area contributed by atoms with E-state index in [1.807, 2.05) is 0 Å². The number of nitrogens with one attached hydrogen (secondary N) is 1. The van der Waals surface area contributed by atoms with Gasteiger partial charge in [0, 0.05) is 25.6 Å². The summed E-state index contributed by atoms with van der Waals surface area (Å²) >= 11 is 0. The van der Waals surface area contributed by atoms with Crippen molar-refractivity contribution in [2.45, 2.75) is 64.3 Å². The van der Waals surface area contributed by atoms with E-state index in [0.29, 0.717) is 18.4 Å². The molecule has 2 unspecified atom stereocenters. The van der Waals surface area contributed by atoms with Gasteiger partial charge in [-0.3, -0.25) is 4.79 Å². The van der Waals surface area contributed by atoms with Crippen molar-refractivity contribution in [2.75, 3.05) is 26.2 Å². The Balaban J connectivity index is 1.51. The molecule has 1 aliphatic carbocycles. The van der Waals surface area contributed by atoms with Crippen molar-refractivity contribution in [2.24, 2.45) is 17.6 Å². The van der Waals surface area contributed by atoms with Crippen LogP contribution in [0.5, 0.6) is 0 Å². The van der Waals surface area contributed by atoms with Gasteiger partial charge in [-0.25, -0.2) is 0 Å². The first kappa shape index (κ1) is 16.8. The van der Waals surface area contributed by atoms with Gasteiger partial charge in [0.1, 0.15) is 0 Å². The Labute approximate surface area is 129 Å². The lowest BCUT2D eigenvalue weighted by molar-refractivity contribution is -0.121. The molecule has 2 atom stereocenters. The van der Waals surface area contributed by atoms with Crippen molar-refractivity contribution in [3.05, 3.63) is 0 Å². The summed E-state index contributed by atoms with van der Waals surface area (Å²) in [6.45, 7) is 6.52. The number of likely N-dealkylation sites (tertiary alicyclic amines) is 1. The third-order valence-electron chi connectivity index (χ3n) is 5.23. The molecule has 2 aliphatic rings. The summed E-state index contributed by atoms with van der Waals surface area (Å²) in [5.74, 6) is 1.76. The van der Waals surface area contributed by atoms with Gasteiger partial charge in [-0.1, -0.05) is 19.8 Å². The number of rotatable bonds is 6. The predicted molar refractivity (Wildman–Crippen MR) is 87.0 cm³/mol. The van der Waals surface area contributed by atoms with Crippen LogP contribution in [0.2, 0.25) is 0 Å². The van der Waals surface area contributed by atoms with Crippen LogP contribution in [-0.2, 0) is 4.79 Å². The van der Waals surface area contributed by atoms with Crippen LogP contribution in [0.4, 0.5) is 0 Å². The van der Waals surface area contributed by atoms with Crippen molar-refractivity contribution < 1.29 is 4.79 Å². The molecule has 1 aliphatic heterocycles. The lowest BCUT2D eigenvalue weighted by Crippen LogP contribution is -2.39. The van der Waals surface area contributed by atoms with E-state index in [1.54, 1.807) is 0 Å². The minimum atomic E-state index is 0.222. The van der Waals surface area contributed by atoms with Crippen LogP contribution in [0.1, 0.15) is 58.3 Å². The van der Waals surface area contributed by atoms with E-state index in [4.69, 9.17) is 5.73 Å². The van der Waals surface area contributed by atoms with Gasteiger partial charge in [-0.05, 0) is 57.0 Å².